The number of hydrogen-bond donors (Lipinski definition) is 1. The molecule has 0 aliphatic rings. The average Bonchev–Trinajstić information content (AvgIpc) is 2.75. The molecule has 0 spiro atoms. The SMILES string of the molecule is CCOC(=O)c1ccc(N[C@H](CC(=O)c2ccccc2)c2ccc(C)cc2)cc1. The van der Waals surface area contributed by atoms with Crippen molar-refractivity contribution in [1.82, 2.24) is 0 Å². The molecule has 0 saturated heterocycles. The summed E-state index contributed by atoms with van der Waals surface area (Å²) in [5.41, 5.74) is 4.24. The van der Waals surface area contributed by atoms with Crippen LogP contribution in [0.3, 0.4) is 0 Å². The molecule has 4 nitrogen and oxygen atoms in total. The van der Waals surface area contributed by atoms with Crippen LogP contribution >= 0.6 is 0 Å². The fraction of sp³-hybridized carbons (Fsp3) is 0.200. The van der Waals surface area contributed by atoms with Gasteiger partial charge in [-0.1, -0.05) is 60.2 Å². The number of aryl methyl sites for hydroxylation is 1. The van der Waals surface area contributed by atoms with Crippen LogP contribution in [0.25, 0.3) is 0 Å². The average molecular weight is 387 g/mol. The largest absolute Gasteiger partial charge is 0.462 e. The Hall–Kier alpha value is -3.40. The first-order chi connectivity index (χ1) is 14.1. The molecule has 1 atom stereocenters. The zero-order valence-electron chi connectivity index (χ0n) is 16.7. The first kappa shape index (κ1) is 20.3. The van der Waals surface area contributed by atoms with Crippen molar-refractivity contribution in [3.05, 3.63) is 101 Å². The van der Waals surface area contributed by atoms with Gasteiger partial charge in [0.15, 0.2) is 5.78 Å². The summed E-state index contributed by atoms with van der Waals surface area (Å²) in [6, 6.07) is 24.4. The van der Waals surface area contributed by atoms with E-state index in [9.17, 15) is 9.59 Å². The van der Waals surface area contributed by atoms with Crippen molar-refractivity contribution in [2.24, 2.45) is 0 Å². The first-order valence-electron chi connectivity index (χ1n) is 9.75. The molecule has 0 heterocycles. The maximum Gasteiger partial charge on any atom is 0.338 e. The highest BCUT2D eigenvalue weighted by Crippen LogP contribution is 2.25. The predicted octanol–water partition coefficient (Wildman–Crippen LogP) is 5.60. The maximum atomic E-state index is 12.8. The molecule has 148 valence electrons. The molecule has 29 heavy (non-hydrogen) atoms. The van der Waals surface area contributed by atoms with E-state index in [0.29, 0.717) is 24.2 Å². The van der Waals surface area contributed by atoms with Gasteiger partial charge in [0.05, 0.1) is 18.2 Å². The molecule has 0 aliphatic carbocycles. The van der Waals surface area contributed by atoms with Gasteiger partial charge in [-0.15, -0.1) is 0 Å². The molecular formula is C25H25NO3. The van der Waals surface area contributed by atoms with Gasteiger partial charge in [0, 0.05) is 17.7 Å². The Labute approximate surface area is 171 Å². The molecule has 0 aromatic heterocycles. The number of hydrogen-bond acceptors (Lipinski definition) is 4. The van der Waals surface area contributed by atoms with Crippen LogP contribution in [0.2, 0.25) is 0 Å². The monoisotopic (exact) mass is 387 g/mol. The van der Waals surface area contributed by atoms with E-state index in [-0.39, 0.29) is 17.8 Å². The summed E-state index contributed by atoms with van der Waals surface area (Å²) in [6.07, 6.45) is 0.326. The topological polar surface area (TPSA) is 55.4 Å². The Morgan fingerprint density at radius 1 is 0.862 bits per heavy atom. The maximum absolute atomic E-state index is 12.8. The minimum absolute atomic E-state index is 0.0758. The number of Topliss-reactive ketones (excluding diaryl/α,β-unsaturated/α-hetero) is 1. The van der Waals surface area contributed by atoms with E-state index in [0.717, 1.165) is 11.3 Å². The van der Waals surface area contributed by atoms with Crippen LogP contribution in [0.4, 0.5) is 5.69 Å². The summed E-state index contributed by atoms with van der Waals surface area (Å²) < 4.78 is 5.03. The van der Waals surface area contributed by atoms with Gasteiger partial charge in [-0.05, 0) is 43.7 Å². The number of benzene rings is 3. The highest BCUT2D eigenvalue weighted by molar-refractivity contribution is 5.96. The molecule has 0 bridgehead atoms. The van der Waals surface area contributed by atoms with E-state index in [4.69, 9.17) is 4.74 Å². The number of carbonyl (C=O) groups excluding carboxylic acids is 2. The van der Waals surface area contributed by atoms with Gasteiger partial charge in [-0.25, -0.2) is 4.79 Å². The first-order valence-corrected chi connectivity index (χ1v) is 9.75. The van der Waals surface area contributed by atoms with E-state index >= 15 is 0 Å². The van der Waals surface area contributed by atoms with Crippen LogP contribution < -0.4 is 5.32 Å². The molecule has 0 fully saturated rings. The van der Waals surface area contributed by atoms with Crippen molar-refractivity contribution in [3.63, 3.8) is 0 Å². The molecular weight excluding hydrogens is 362 g/mol. The van der Waals surface area contributed by atoms with Crippen molar-refractivity contribution >= 4 is 17.4 Å². The summed E-state index contributed by atoms with van der Waals surface area (Å²) in [5, 5.41) is 3.44. The Morgan fingerprint density at radius 3 is 2.14 bits per heavy atom. The number of nitrogens with one attached hydrogen (secondary N) is 1. The minimum Gasteiger partial charge on any atom is -0.462 e. The molecule has 0 radical (unpaired) electrons. The number of ketones is 1. The van der Waals surface area contributed by atoms with E-state index in [2.05, 4.69) is 5.32 Å². The zero-order chi connectivity index (χ0) is 20.6. The van der Waals surface area contributed by atoms with Gasteiger partial charge in [0.25, 0.3) is 0 Å². The van der Waals surface area contributed by atoms with Crippen LogP contribution in [0, 0.1) is 6.92 Å². The molecule has 0 unspecified atom stereocenters. The highest BCUT2D eigenvalue weighted by atomic mass is 16.5. The second-order valence-corrected chi connectivity index (χ2v) is 6.90. The van der Waals surface area contributed by atoms with E-state index in [1.54, 1.807) is 19.1 Å². The van der Waals surface area contributed by atoms with Gasteiger partial charge in [-0.3, -0.25) is 4.79 Å². The van der Waals surface area contributed by atoms with Crippen molar-refractivity contribution < 1.29 is 14.3 Å². The van der Waals surface area contributed by atoms with Gasteiger partial charge in [-0.2, -0.15) is 0 Å². The fourth-order valence-corrected chi connectivity index (χ4v) is 3.10. The minimum atomic E-state index is -0.339. The number of carbonyl (C=O) groups is 2. The molecule has 1 N–H and O–H groups in total. The molecule has 4 heteroatoms. The summed E-state index contributed by atoms with van der Waals surface area (Å²) >= 11 is 0. The van der Waals surface area contributed by atoms with Gasteiger partial charge >= 0.3 is 5.97 Å². The molecule has 0 amide bonds. The predicted molar refractivity (Wildman–Crippen MR) is 115 cm³/mol. The molecule has 0 saturated carbocycles. The normalized spacial score (nSPS) is 11.5. The Bertz CT molecular complexity index is 948. The lowest BCUT2D eigenvalue weighted by Crippen LogP contribution is -2.16. The lowest BCUT2D eigenvalue weighted by atomic mass is 9.97. The lowest BCUT2D eigenvalue weighted by molar-refractivity contribution is 0.0526. The molecule has 3 aromatic rings. The number of anilines is 1. The third-order valence-corrected chi connectivity index (χ3v) is 4.70. The van der Waals surface area contributed by atoms with E-state index in [1.807, 2.05) is 73.7 Å². The summed E-state index contributed by atoms with van der Waals surface area (Å²) in [4.78, 5) is 24.6. The zero-order valence-corrected chi connectivity index (χ0v) is 16.7. The van der Waals surface area contributed by atoms with Gasteiger partial charge < -0.3 is 10.1 Å². The lowest BCUT2D eigenvalue weighted by Gasteiger charge is -2.20. The van der Waals surface area contributed by atoms with Crippen LogP contribution in [0.15, 0.2) is 78.9 Å². The Balaban J connectivity index is 1.80. The smallest absolute Gasteiger partial charge is 0.338 e. The Morgan fingerprint density at radius 2 is 1.52 bits per heavy atom. The number of esters is 1. The summed E-state index contributed by atoms with van der Waals surface area (Å²) in [7, 11) is 0. The Kier molecular flexibility index (Phi) is 6.80. The second kappa shape index (κ2) is 9.69. The van der Waals surface area contributed by atoms with Crippen molar-refractivity contribution in [2.45, 2.75) is 26.3 Å². The number of rotatable bonds is 8. The summed E-state index contributed by atoms with van der Waals surface area (Å²) in [5.74, 6) is -0.264. The van der Waals surface area contributed by atoms with Gasteiger partial charge in [0.1, 0.15) is 0 Å². The number of ether oxygens (including phenoxy) is 1. The van der Waals surface area contributed by atoms with Crippen molar-refractivity contribution in [2.75, 3.05) is 11.9 Å². The third kappa shape index (κ3) is 5.55. The molecule has 3 aromatic carbocycles. The second-order valence-electron chi connectivity index (χ2n) is 6.90. The van der Waals surface area contributed by atoms with Crippen LogP contribution in [-0.4, -0.2) is 18.4 Å². The van der Waals surface area contributed by atoms with E-state index in [1.165, 1.54) is 5.56 Å². The van der Waals surface area contributed by atoms with Crippen LogP contribution in [0.1, 0.15) is 51.2 Å². The highest BCUT2D eigenvalue weighted by Gasteiger charge is 2.17. The third-order valence-electron chi connectivity index (χ3n) is 4.70. The van der Waals surface area contributed by atoms with Crippen LogP contribution in [-0.2, 0) is 4.74 Å². The standard InChI is InChI=1S/C25H25NO3/c1-3-29-25(28)21-13-15-22(16-14-21)26-23(19-11-9-18(2)10-12-19)17-24(27)20-7-5-4-6-8-20/h4-16,23,26H,3,17H2,1-2H3/t23-/m1/s1. The molecule has 0 aliphatic heterocycles. The van der Waals surface area contributed by atoms with Crippen molar-refractivity contribution in [1.29, 1.82) is 0 Å². The summed E-state index contributed by atoms with van der Waals surface area (Å²) in [6.45, 7) is 4.16. The van der Waals surface area contributed by atoms with Gasteiger partial charge in [0.2, 0.25) is 0 Å². The fourth-order valence-electron chi connectivity index (χ4n) is 3.10. The van der Waals surface area contributed by atoms with E-state index < -0.39 is 0 Å². The molecule has 3 rings (SSSR count). The van der Waals surface area contributed by atoms with Crippen molar-refractivity contribution in [3.8, 4) is 0 Å². The quantitative estimate of drug-likeness (QED) is 0.404. The van der Waals surface area contributed by atoms with Crippen LogP contribution in [0.5, 0.6) is 0 Å².